The van der Waals surface area contributed by atoms with Gasteiger partial charge in [0.2, 0.25) is 11.2 Å². The molecule has 2 fully saturated rings. The van der Waals surface area contributed by atoms with E-state index in [1.54, 1.807) is 34.1 Å². The summed E-state index contributed by atoms with van der Waals surface area (Å²) in [6.45, 7) is 20.8. The molecule has 2 aliphatic heterocycles. The van der Waals surface area contributed by atoms with Gasteiger partial charge in [-0.25, -0.2) is 4.85 Å². The molecule has 78 heavy (non-hydrogen) atoms. The summed E-state index contributed by atoms with van der Waals surface area (Å²) in [5.41, 5.74) is -5.72. The summed E-state index contributed by atoms with van der Waals surface area (Å²) in [4.78, 5) is 64.1. The van der Waals surface area contributed by atoms with Gasteiger partial charge in [-0.3, -0.25) is 19.2 Å². The number of hydrogen-bond acceptors (Lipinski definition) is 8. The predicted molar refractivity (Wildman–Crippen MR) is 286 cm³/mol. The van der Waals surface area contributed by atoms with Crippen molar-refractivity contribution in [1.82, 2.24) is 9.80 Å². The van der Waals surface area contributed by atoms with Gasteiger partial charge in [0.25, 0.3) is 23.6 Å². The van der Waals surface area contributed by atoms with E-state index in [9.17, 15) is 50.6 Å². The molecule has 2 saturated carbocycles. The van der Waals surface area contributed by atoms with Gasteiger partial charge in [0.1, 0.15) is 23.9 Å². The van der Waals surface area contributed by atoms with Gasteiger partial charge in [0, 0.05) is 37.3 Å². The van der Waals surface area contributed by atoms with Crippen molar-refractivity contribution in [3.05, 3.63) is 82.2 Å². The summed E-state index contributed by atoms with van der Waals surface area (Å²) in [5, 5.41) is 9.83. The number of alkyl halides is 6. The number of carbonyl (C=O) groups excluding carboxylic acids is 4. The second kappa shape index (κ2) is 25.8. The fourth-order valence-corrected chi connectivity index (χ4v) is 11.1. The summed E-state index contributed by atoms with van der Waals surface area (Å²) in [6, 6.07) is 9.53. The molecule has 0 radical (unpaired) electrons. The quantitative estimate of drug-likeness (QED) is 0.0756. The monoisotopic (exact) mass is 1100 g/mol. The Morgan fingerprint density at radius 1 is 0.679 bits per heavy atom. The van der Waals surface area contributed by atoms with Crippen molar-refractivity contribution in [2.75, 3.05) is 36.1 Å². The van der Waals surface area contributed by atoms with Gasteiger partial charge in [0.15, 0.2) is 5.69 Å². The van der Waals surface area contributed by atoms with E-state index in [2.05, 4.69) is 4.85 Å². The van der Waals surface area contributed by atoms with E-state index in [0.717, 1.165) is 102 Å². The van der Waals surface area contributed by atoms with Gasteiger partial charge in [-0.1, -0.05) is 90.2 Å². The number of amides is 4. The molecule has 4 aliphatic rings. The van der Waals surface area contributed by atoms with Crippen LogP contribution in [0.1, 0.15) is 190 Å². The van der Waals surface area contributed by atoms with E-state index in [4.69, 9.17) is 20.8 Å². The fraction of sp³-hybridized carbons (Fsp3) is 0.610. The highest BCUT2D eigenvalue weighted by molar-refractivity contribution is 6.06. The molecule has 0 aromatic heterocycles. The standard InChI is InChI=1S/C33H40F3N3O4.C26H37F3N2O4/c1-6-7-11-18-38-28-19-26(30(40)39(22(2)3)24-12-9-8-10-13-24)27(33(34,35)36)20-29(28)43-32(4,31(38)41)21-42-25-16-14-23(37-5)15-17-25;1-5-6-10-13-30-21-14-19(23(33)31(17(2)3)18-11-8-7-9-12-18)20(26(27,28)29)15-22(21)35-25(4,16-32)24(30)34/h14-17,19-20,22,24H,6-13,18,21H2,1-4H3;14-15,17-18,32H,5-13,16H2,1-4H3. The lowest BCUT2D eigenvalue weighted by atomic mass is 9.92. The molecule has 2 heterocycles. The lowest BCUT2D eigenvalue weighted by Gasteiger charge is -2.41. The minimum atomic E-state index is -4.83. The number of unbranched alkanes of at least 4 members (excludes halogenated alkanes) is 4. The Labute approximate surface area is 455 Å². The first kappa shape index (κ1) is 61.2. The molecule has 2 aliphatic carbocycles. The van der Waals surface area contributed by atoms with E-state index in [0.29, 0.717) is 24.3 Å². The van der Waals surface area contributed by atoms with E-state index in [1.807, 2.05) is 41.5 Å². The molecule has 1 N–H and O–H groups in total. The fourth-order valence-electron chi connectivity index (χ4n) is 11.1. The molecule has 0 bridgehead atoms. The maximum absolute atomic E-state index is 14.6. The Morgan fingerprint density at radius 3 is 1.44 bits per heavy atom. The van der Waals surface area contributed by atoms with Crippen LogP contribution in [0.5, 0.6) is 17.2 Å². The van der Waals surface area contributed by atoms with Crippen LogP contribution >= 0.6 is 0 Å². The van der Waals surface area contributed by atoms with Crippen LogP contribution in [0, 0.1) is 6.57 Å². The van der Waals surface area contributed by atoms with Crippen molar-refractivity contribution in [1.29, 1.82) is 0 Å². The molecule has 0 spiro atoms. The van der Waals surface area contributed by atoms with Crippen LogP contribution < -0.4 is 24.0 Å². The van der Waals surface area contributed by atoms with Gasteiger partial charge in [0.05, 0.1) is 46.8 Å². The zero-order valence-corrected chi connectivity index (χ0v) is 46.4. The molecule has 7 rings (SSSR count). The second-order valence-electron chi connectivity index (χ2n) is 22.0. The normalized spacial score (nSPS) is 20.0. The molecule has 0 saturated heterocycles. The smallest absolute Gasteiger partial charge is 0.417 e. The first-order chi connectivity index (χ1) is 36.8. The maximum atomic E-state index is 14.6. The summed E-state index contributed by atoms with van der Waals surface area (Å²) in [7, 11) is 0. The minimum absolute atomic E-state index is 0.121. The highest BCUT2D eigenvalue weighted by Gasteiger charge is 2.50. The number of anilines is 2. The van der Waals surface area contributed by atoms with Crippen LogP contribution in [0.2, 0.25) is 0 Å². The van der Waals surface area contributed by atoms with E-state index in [-0.39, 0.29) is 66.7 Å². The number of nitrogens with zero attached hydrogens (tertiary/aromatic N) is 5. The molecular weight excluding hydrogens is 1020 g/mol. The van der Waals surface area contributed by atoms with Crippen molar-refractivity contribution in [3.8, 4) is 17.2 Å². The van der Waals surface area contributed by atoms with Crippen molar-refractivity contribution < 1.29 is 64.8 Å². The van der Waals surface area contributed by atoms with Gasteiger partial charge >= 0.3 is 12.4 Å². The zero-order valence-electron chi connectivity index (χ0n) is 46.4. The summed E-state index contributed by atoms with van der Waals surface area (Å²) in [6.07, 6.45) is 3.89. The SMILES string of the molecule is CCCCCN1C(=O)C(C)(CO)Oc2cc(C(F)(F)F)c(C(=O)N(C(C)C)C3CCCCC3)cc21.[C-]#[N+]c1ccc(OCC2(C)Oc3cc(C(F)(F)F)c(C(=O)N(C(C)C)C4CCCCC4)cc3N(CCCCC)C2=O)cc1. The van der Waals surface area contributed by atoms with Gasteiger partial charge in [-0.2, -0.15) is 26.3 Å². The lowest BCUT2D eigenvalue weighted by Crippen LogP contribution is -2.58. The van der Waals surface area contributed by atoms with Gasteiger partial charge in [-0.15, -0.1) is 0 Å². The Morgan fingerprint density at radius 2 is 1.08 bits per heavy atom. The second-order valence-corrected chi connectivity index (χ2v) is 22.0. The van der Waals surface area contributed by atoms with E-state index in [1.165, 1.54) is 35.8 Å². The van der Waals surface area contributed by atoms with Crippen LogP contribution in [0.3, 0.4) is 0 Å². The third kappa shape index (κ3) is 13.9. The molecule has 3 aromatic rings. The first-order valence-corrected chi connectivity index (χ1v) is 27.7. The number of fused-ring (bicyclic) bond motifs is 2. The molecule has 3 aromatic carbocycles. The van der Waals surface area contributed by atoms with Crippen LogP contribution in [0.4, 0.5) is 43.4 Å². The molecule has 4 amide bonds. The summed E-state index contributed by atoms with van der Waals surface area (Å²) in [5.74, 6) is -2.24. The number of ether oxygens (including phenoxy) is 3. The Kier molecular flexibility index (Phi) is 20.3. The number of carbonyl (C=O) groups is 4. The van der Waals surface area contributed by atoms with Crippen molar-refractivity contribution >= 4 is 40.7 Å². The molecule has 13 nitrogen and oxygen atoms in total. The average molecular weight is 1100 g/mol. The molecule has 428 valence electrons. The summed E-state index contributed by atoms with van der Waals surface area (Å²) < 4.78 is 104. The third-order valence-corrected chi connectivity index (χ3v) is 15.2. The lowest BCUT2D eigenvalue weighted by molar-refractivity contribution is -0.140. The first-order valence-electron chi connectivity index (χ1n) is 27.7. The van der Waals surface area contributed by atoms with Crippen LogP contribution in [0.25, 0.3) is 4.85 Å². The molecular formula is C59H77F6N5O8. The average Bonchev–Trinajstić information content (AvgIpc) is 3.56. The highest BCUT2D eigenvalue weighted by Crippen LogP contribution is 2.47. The molecule has 19 heteroatoms. The Bertz CT molecular complexity index is 2620. The molecule has 2 atom stereocenters. The van der Waals surface area contributed by atoms with Crippen LogP contribution in [-0.2, 0) is 21.9 Å². The minimum Gasteiger partial charge on any atom is -0.489 e. The zero-order chi connectivity index (χ0) is 57.3. The third-order valence-electron chi connectivity index (χ3n) is 15.2. The number of benzene rings is 3. The van der Waals surface area contributed by atoms with Crippen LogP contribution in [0.15, 0.2) is 48.5 Å². The topological polar surface area (TPSA) is 134 Å². The number of halogens is 6. The van der Waals surface area contributed by atoms with Crippen molar-refractivity contribution in [2.24, 2.45) is 0 Å². The van der Waals surface area contributed by atoms with Crippen molar-refractivity contribution in [2.45, 2.75) is 206 Å². The predicted octanol–water partition coefficient (Wildman–Crippen LogP) is 13.7. The van der Waals surface area contributed by atoms with Gasteiger partial charge < -0.3 is 38.9 Å². The van der Waals surface area contributed by atoms with Crippen LogP contribution in [-0.4, -0.2) is 100 Å². The number of rotatable bonds is 18. The Hall–Kier alpha value is -6.03. The maximum Gasteiger partial charge on any atom is 0.417 e. The summed E-state index contributed by atoms with van der Waals surface area (Å²) >= 11 is 0. The Balaban J connectivity index is 0.000000258. The number of aliphatic hydroxyl groups excluding tert-OH is 1. The highest BCUT2D eigenvalue weighted by atomic mass is 19.4. The molecule has 2 unspecified atom stereocenters. The van der Waals surface area contributed by atoms with E-state index < -0.39 is 76.0 Å². The number of aliphatic hydroxyl groups is 1. The van der Waals surface area contributed by atoms with Gasteiger partial charge in [-0.05, 0) is 116 Å². The largest absolute Gasteiger partial charge is 0.489 e. The van der Waals surface area contributed by atoms with Crippen molar-refractivity contribution in [3.63, 3.8) is 0 Å². The number of hydrogen-bond donors (Lipinski definition) is 1. The van der Waals surface area contributed by atoms with E-state index >= 15 is 0 Å².